The number of unbranched alkanes of at least 4 members (excludes halogenated alkanes) is 1. The molecule has 0 radical (unpaired) electrons. The van der Waals surface area contributed by atoms with Crippen molar-refractivity contribution in [1.82, 2.24) is 0 Å². The van der Waals surface area contributed by atoms with Gasteiger partial charge in [-0.2, -0.15) is 0 Å². The molecular formula is C13H20ClNO2. The quantitative estimate of drug-likeness (QED) is 0.823. The largest absolute Gasteiger partial charge is 0.480 e. The molecule has 17 heavy (non-hydrogen) atoms. The van der Waals surface area contributed by atoms with Crippen LogP contribution in [0.1, 0.15) is 30.9 Å². The van der Waals surface area contributed by atoms with Gasteiger partial charge in [0.2, 0.25) is 0 Å². The van der Waals surface area contributed by atoms with Crippen LogP contribution in [0.25, 0.3) is 0 Å². The summed E-state index contributed by atoms with van der Waals surface area (Å²) < 4.78 is 0. The van der Waals surface area contributed by atoms with Gasteiger partial charge in [0.05, 0.1) is 0 Å². The van der Waals surface area contributed by atoms with Crippen LogP contribution in [0.4, 0.5) is 0 Å². The highest BCUT2D eigenvalue weighted by molar-refractivity contribution is 5.85. The van der Waals surface area contributed by atoms with E-state index in [0.717, 1.165) is 12.0 Å². The van der Waals surface area contributed by atoms with Crippen LogP contribution >= 0.6 is 12.4 Å². The maximum Gasteiger partial charge on any atom is 0.320 e. The highest BCUT2D eigenvalue weighted by atomic mass is 35.5. The lowest BCUT2D eigenvalue weighted by Crippen LogP contribution is -2.32. The van der Waals surface area contributed by atoms with Gasteiger partial charge in [-0.1, -0.05) is 37.6 Å². The van der Waals surface area contributed by atoms with E-state index < -0.39 is 12.0 Å². The van der Waals surface area contributed by atoms with Crippen LogP contribution in [-0.4, -0.2) is 17.1 Å². The standard InChI is InChI=1S/C13H19NO2.ClH/c1-2-3-4-10-5-7-11(8-6-10)9-12(14)13(15)16;/h5-8,12H,2-4,9,14H2,1H3,(H,15,16);1H/t12-;/m1./s1. The number of carboxylic acid groups (broad SMARTS) is 1. The SMILES string of the molecule is CCCCc1ccc(C[C@@H](N)C(=O)O)cc1.Cl. The summed E-state index contributed by atoms with van der Waals surface area (Å²) in [6.45, 7) is 2.17. The fraction of sp³-hybridized carbons (Fsp3) is 0.462. The second kappa shape index (κ2) is 8.09. The Morgan fingerprint density at radius 1 is 1.29 bits per heavy atom. The first-order chi connectivity index (χ1) is 7.63. The lowest BCUT2D eigenvalue weighted by atomic mass is 10.0. The third-order valence-corrected chi connectivity index (χ3v) is 2.61. The maximum atomic E-state index is 10.6. The van der Waals surface area contributed by atoms with Gasteiger partial charge in [0.15, 0.2) is 0 Å². The smallest absolute Gasteiger partial charge is 0.320 e. The fourth-order valence-electron chi connectivity index (χ4n) is 1.56. The molecule has 3 nitrogen and oxygen atoms in total. The van der Waals surface area contributed by atoms with Crippen molar-refractivity contribution in [1.29, 1.82) is 0 Å². The molecule has 0 aliphatic heterocycles. The first-order valence-corrected chi connectivity index (χ1v) is 5.69. The molecule has 0 heterocycles. The van der Waals surface area contributed by atoms with Crippen molar-refractivity contribution >= 4 is 18.4 Å². The zero-order valence-corrected chi connectivity index (χ0v) is 10.9. The van der Waals surface area contributed by atoms with Crippen LogP contribution in [0.5, 0.6) is 0 Å². The number of aliphatic carboxylic acids is 1. The van der Waals surface area contributed by atoms with Crippen LogP contribution in [0.15, 0.2) is 24.3 Å². The van der Waals surface area contributed by atoms with E-state index in [1.165, 1.54) is 18.4 Å². The Balaban J connectivity index is 0.00000256. The van der Waals surface area contributed by atoms with Crippen molar-refractivity contribution < 1.29 is 9.90 Å². The molecule has 0 saturated carbocycles. The summed E-state index contributed by atoms with van der Waals surface area (Å²) in [7, 11) is 0. The van der Waals surface area contributed by atoms with Crippen LogP contribution < -0.4 is 5.73 Å². The van der Waals surface area contributed by atoms with Crippen LogP contribution in [0, 0.1) is 0 Å². The molecule has 1 atom stereocenters. The van der Waals surface area contributed by atoms with Crippen molar-refractivity contribution in [2.24, 2.45) is 5.73 Å². The van der Waals surface area contributed by atoms with Gasteiger partial charge < -0.3 is 10.8 Å². The molecule has 0 amide bonds. The molecule has 3 N–H and O–H groups in total. The van der Waals surface area contributed by atoms with E-state index in [2.05, 4.69) is 19.1 Å². The topological polar surface area (TPSA) is 63.3 Å². The lowest BCUT2D eigenvalue weighted by Gasteiger charge is -2.07. The average molecular weight is 258 g/mol. The summed E-state index contributed by atoms with van der Waals surface area (Å²) in [5.74, 6) is -0.949. The molecule has 0 aliphatic rings. The van der Waals surface area contributed by atoms with E-state index >= 15 is 0 Å². The number of carbonyl (C=O) groups is 1. The predicted octanol–water partition coefficient (Wildman–Crippen LogP) is 2.41. The molecule has 0 unspecified atom stereocenters. The molecule has 1 aromatic rings. The van der Waals surface area contributed by atoms with E-state index in [-0.39, 0.29) is 12.4 Å². The van der Waals surface area contributed by atoms with Crippen LogP contribution in [0.3, 0.4) is 0 Å². The Hall–Kier alpha value is -1.06. The second-order valence-electron chi connectivity index (χ2n) is 4.07. The van der Waals surface area contributed by atoms with Gasteiger partial charge in [-0.15, -0.1) is 12.4 Å². The van der Waals surface area contributed by atoms with Crippen LogP contribution in [0.2, 0.25) is 0 Å². The number of benzene rings is 1. The van der Waals surface area contributed by atoms with Gasteiger partial charge in [-0.25, -0.2) is 0 Å². The van der Waals surface area contributed by atoms with Crippen molar-refractivity contribution in [3.05, 3.63) is 35.4 Å². The van der Waals surface area contributed by atoms with E-state index in [4.69, 9.17) is 10.8 Å². The summed E-state index contributed by atoms with van der Waals surface area (Å²) in [5.41, 5.74) is 7.75. The molecule has 0 aromatic heterocycles. The van der Waals surface area contributed by atoms with Gasteiger partial charge in [0.25, 0.3) is 0 Å². The molecule has 0 saturated heterocycles. The Labute approximate surface area is 108 Å². The second-order valence-corrected chi connectivity index (χ2v) is 4.07. The lowest BCUT2D eigenvalue weighted by molar-refractivity contribution is -0.138. The minimum Gasteiger partial charge on any atom is -0.480 e. The zero-order chi connectivity index (χ0) is 12.0. The Morgan fingerprint density at radius 2 is 1.82 bits per heavy atom. The third kappa shape index (κ3) is 5.71. The molecule has 1 rings (SSSR count). The monoisotopic (exact) mass is 257 g/mol. The number of hydrogen-bond donors (Lipinski definition) is 2. The van der Waals surface area contributed by atoms with E-state index in [0.29, 0.717) is 6.42 Å². The van der Waals surface area contributed by atoms with Crippen LogP contribution in [-0.2, 0) is 17.6 Å². The van der Waals surface area contributed by atoms with Gasteiger partial charge in [-0.3, -0.25) is 4.79 Å². The number of hydrogen-bond acceptors (Lipinski definition) is 2. The van der Waals surface area contributed by atoms with E-state index in [1.54, 1.807) is 0 Å². The highest BCUT2D eigenvalue weighted by Gasteiger charge is 2.11. The molecule has 96 valence electrons. The number of aryl methyl sites for hydroxylation is 1. The molecule has 0 fully saturated rings. The Bertz CT molecular complexity index is 338. The molecule has 1 aromatic carbocycles. The normalized spacial score (nSPS) is 11.6. The van der Waals surface area contributed by atoms with Crippen molar-refractivity contribution in [3.8, 4) is 0 Å². The highest BCUT2D eigenvalue weighted by Crippen LogP contribution is 2.09. The summed E-state index contributed by atoms with van der Waals surface area (Å²) in [4.78, 5) is 10.6. The zero-order valence-electron chi connectivity index (χ0n) is 10.1. The number of rotatable bonds is 6. The molecule has 4 heteroatoms. The minimum atomic E-state index is -0.949. The molecule has 0 spiro atoms. The first-order valence-electron chi connectivity index (χ1n) is 5.69. The summed E-state index contributed by atoms with van der Waals surface area (Å²) >= 11 is 0. The van der Waals surface area contributed by atoms with Gasteiger partial charge in [0, 0.05) is 0 Å². The van der Waals surface area contributed by atoms with Crippen molar-refractivity contribution in [2.75, 3.05) is 0 Å². The third-order valence-electron chi connectivity index (χ3n) is 2.61. The van der Waals surface area contributed by atoms with E-state index in [9.17, 15) is 4.79 Å². The predicted molar refractivity (Wildman–Crippen MR) is 71.6 cm³/mol. The summed E-state index contributed by atoms with van der Waals surface area (Å²) in [6.07, 6.45) is 3.85. The summed E-state index contributed by atoms with van der Waals surface area (Å²) in [5, 5.41) is 8.69. The fourth-order valence-corrected chi connectivity index (χ4v) is 1.56. The molecule has 0 aliphatic carbocycles. The number of carboxylic acids is 1. The van der Waals surface area contributed by atoms with Crippen molar-refractivity contribution in [3.63, 3.8) is 0 Å². The van der Waals surface area contributed by atoms with Gasteiger partial charge >= 0.3 is 5.97 Å². The van der Waals surface area contributed by atoms with E-state index in [1.807, 2.05) is 12.1 Å². The Morgan fingerprint density at radius 3 is 2.29 bits per heavy atom. The van der Waals surface area contributed by atoms with Crippen molar-refractivity contribution in [2.45, 2.75) is 38.6 Å². The molecule has 0 bridgehead atoms. The first kappa shape index (κ1) is 15.9. The number of nitrogens with two attached hydrogens (primary N) is 1. The average Bonchev–Trinajstić information content (AvgIpc) is 2.28. The Kier molecular flexibility index (Phi) is 7.59. The van der Waals surface area contributed by atoms with Gasteiger partial charge in [-0.05, 0) is 30.4 Å². The van der Waals surface area contributed by atoms with Gasteiger partial charge in [0.1, 0.15) is 6.04 Å². The maximum absolute atomic E-state index is 10.6. The molecular weight excluding hydrogens is 238 g/mol. The minimum absolute atomic E-state index is 0. The summed E-state index contributed by atoms with van der Waals surface area (Å²) in [6, 6.07) is 7.24. The number of halogens is 1.